The standard InChI is InChI=1S/C20H25N5O2/c1-12(2)10-22-19(26)14-9-15-18(25(17(14)21)11-13(3)4)23-16-7-5-6-8-24(16)20(15)27/h5-9,12-13,21H,10-11H2,1-4H3,(H,22,26). The number of aromatic nitrogens is 3. The molecular formula is C20H25N5O2. The predicted octanol–water partition coefficient (Wildman–Crippen LogP) is 2.17. The van der Waals surface area contributed by atoms with Gasteiger partial charge in [0.15, 0.2) is 0 Å². The average Bonchev–Trinajstić information content (AvgIpc) is 2.62. The molecular weight excluding hydrogens is 342 g/mol. The van der Waals surface area contributed by atoms with E-state index in [-0.39, 0.29) is 28.4 Å². The molecule has 0 spiro atoms. The van der Waals surface area contributed by atoms with Crippen LogP contribution >= 0.6 is 0 Å². The molecule has 2 N–H and O–H groups in total. The Morgan fingerprint density at radius 2 is 1.96 bits per heavy atom. The van der Waals surface area contributed by atoms with Gasteiger partial charge < -0.3 is 9.88 Å². The highest BCUT2D eigenvalue weighted by Gasteiger charge is 2.18. The minimum absolute atomic E-state index is 0.0737. The van der Waals surface area contributed by atoms with Crippen LogP contribution < -0.4 is 16.4 Å². The van der Waals surface area contributed by atoms with E-state index in [9.17, 15) is 9.59 Å². The van der Waals surface area contributed by atoms with Gasteiger partial charge in [-0.2, -0.15) is 0 Å². The van der Waals surface area contributed by atoms with Gasteiger partial charge in [-0.25, -0.2) is 4.98 Å². The lowest BCUT2D eigenvalue weighted by atomic mass is 10.1. The number of nitrogens with zero attached hydrogens (tertiary/aromatic N) is 3. The Morgan fingerprint density at radius 3 is 2.63 bits per heavy atom. The third-order valence-electron chi connectivity index (χ3n) is 4.28. The lowest BCUT2D eigenvalue weighted by Crippen LogP contribution is -2.36. The summed E-state index contributed by atoms with van der Waals surface area (Å²) in [6.07, 6.45) is 1.66. The Kier molecular flexibility index (Phi) is 5.12. The first kappa shape index (κ1) is 18.8. The van der Waals surface area contributed by atoms with Gasteiger partial charge in [0.1, 0.15) is 16.8 Å². The van der Waals surface area contributed by atoms with E-state index >= 15 is 0 Å². The van der Waals surface area contributed by atoms with Crippen molar-refractivity contribution in [3.05, 3.63) is 51.9 Å². The van der Waals surface area contributed by atoms with Crippen LogP contribution in [0.25, 0.3) is 16.7 Å². The SMILES string of the molecule is CC(C)CNC(=O)c1cc2c(=O)n3ccccc3nc2n(CC(C)C)c1=N. The van der Waals surface area contributed by atoms with Gasteiger partial charge >= 0.3 is 0 Å². The third kappa shape index (κ3) is 3.63. The molecule has 0 radical (unpaired) electrons. The van der Waals surface area contributed by atoms with E-state index in [1.165, 1.54) is 10.5 Å². The molecule has 0 unspecified atom stereocenters. The highest BCUT2D eigenvalue weighted by Crippen LogP contribution is 2.12. The van der Waals surface area contributed by atoms with Crippen molar-refractivity contribution in [3.63, 3.8) is 0 Å². The molecule has 3 rings (SSSR count). The largest absolute Gasteiger partial charge is 0.352 e. The third-order valence-corrected chi connectivity index (χ3v) is 4.28. The number of rotatable bonds is 5. The predicted molar refractivity (Wildman–Crippen MR) is 105 cm³/mol. The molecule has 1 amide bonds. The fourth-order valence-corrected chi connectivity index (χ4v) is 3.00. The van der Waals surface area contributed by atoms with E-state index in [1.54, 1.807) is 22.9 Å². The quantitative estimate of drug-likeness (QED) is 0.677. The highest BCUT2D eigenvalue weighted by atomic mass is 16.1. The smallest absolute Gasteiger partial charge is 0.267 e. The average molecular weight is 367 g/mol. The summed E-state index contributed by atoms with van der Waals surface area (Å²) in [6.45, 7) is 9.06. The van der Waals surface area contributed by atoms with Crippen LogP contribution in [0, 0.1) is 17.2 Å². The van der Waals surface area contributed by atoms with Gasteiger partial charge in [0.05, 0.1) is 10.9 Å². The zero-order chi connectivity index (χ0) is 19.7. The number of amides is 1. The summed E-state index contributed by atoms with van der Waals surface area (Å²) in [5.74, 6) is 0.181. The van der Waals surface area contributed by atoms with Crippen molar-refractivity contribution in [1.29, 1.82) is 5.41 Å². The lowest BCUT2D eigenvalue weighted by molar-refractivity contribution is 0.0946. The summed E-state index contributed by atoms with van der Waals surface area (Å²) in [5, 5.41) is 11.7. The second-order valence-electron chi connectivity index (χ2n) is 7.60. The van der Waals surface area contributed by atoms with E-state index < -0.39 is 0 Å². The van der Waals surface area contributed by atoms with Gasteiger partial charge in [-0.05, 0) is 30.0 Å². The molecule has 0 saturated heterocycles. The van der Waals surface area contributed by atoms with Crippen molar-refractivity contribution in [3.8, 4) is 0 Å². The molecule has 0 aliphatic carbocycles. The molecule has 3 aromatic heterocycles. The minimum atomic E-state index is -0.342. The number of pyridine rings is 2. The van der Waals surface area contributed by atoms with Crippen molar-refractivity contribution in [2.45, 2.75) is 34.2 Å². The number of fused-ring (bicyclic) bond motifs is 2. The van der Waals surface area contributed by atoms with Gasteiger partial charge in [-0.3, -0.25) is 19.4 Å². The van der Waals surface area contributed by atoms with E-state index in [0.717, 1.165) is 0 Å². The molecule has 7 heteroatoms. The number of hydrogen-bond donors (Lipinski definition) is 2. The maximum absolute atomic E-state index is 13.0. The molecule has 3 aromatic rings. The van der Waals surface area contributed by atoms with Crippen molar-refractivity contribution < 1.29 is 4.79 Å². The Morgan fingerprint density at radius 1 is 1.22 bits per heavy atom. The molecule has 27 heavy (non-hydrogen) atoms. The molecule has 0 atom stereocenters. The summed E-state index contributed by atoms with van der Waals surface area (Å²) in [6, 6.07) is 6.83. The first-order valence-corrected chi connectivity index (χ1v) is 9.17. The van der Waals surface area contributed by atoms with Gasteiger partial charge in [0.25, 0.3) is 11.5 Å². The monoisotopic (exact) mass is 367 g/mol. The van der Waals surface area contributed by atoms with E-state index in [0.29, 0.717) is 35.7 Å². The summed E-state index contributed by atoms with van der Waals surface area (Å²) >= 11 is 0. The zero-order valence-corrected chi connectivity index (χ0v) is 16.1. The molecule has 0 aliphatic heterocycles. The summed E-state index contributed by atoms with van der Waals surface area (Å²) < 4.78 is 3.13. The van der Waals surface area contributed by atoms with Crippen molar-refractivity contribution in [1.82, 2.24) is 19.3 Å². The Bertz CT molecular complexity index is 1120. The maximum atomic E-state index is 13.0. The first-order valence-electron chi connectivity index (χ1n) is 9.17. The first-order chi connectivity index (χ1) is 12.8. The van der Waals surface area contributed by atoms with Crippen LogP contribution in [0.5, 0.6) is 0 Å². The fourth-order valence-electron chi connectivity index (χ4n) is 3.00. The van der Waals surface area contributed by atoms with Crippen LogP contribution in [0.1, 0.15) is 38.1 Å². The second kappa shape index (κ2) is 7.34. The maximum Gasteiger partial charge on any atom is 0.267 e. The van der Waals surface area contributed by atoms with Gasteiger partial charge in [-0.15, -0.1) is 0 Å². The van der Waals surface area contributed by atoms with Gasteiger partial charge in [0.2, 0.25) is 0 Å². The summed E-state index contributed by atoms with van der Waals surface area (Å²) in [5.41, 5.74) is 0.975. The lowest BCUT2D eigenvalue weighted by Gasteiger charge is -2.16. The molecule has 0 aliphatic rings. The number of nitrogens with one attached hydrogen (secondary N) is 2. The molecule has 0 saturated carbocycles. The fraction of sp³-hybridized carbons (Fsp3) is 0.400. The zero-order valence-electron chi connectivity index (χ0n) is 16.1. The highest BCUT2D eigenvalue weighted by molar-refractivity contribution is 5.96. The van der Waals surface area contributed by atoms with Crippen LogP contribution in [0.15, 0.2) is 35.3 Å². The summed E-state index contributed by atoms with van der Waals surface area (Å²) in [4.78, 5) is 30.2. The van der Waals surface area contributed by atoms with Gasteiger partial charge in [0, 0.05) is 19.3 Å². The van der Waals surface area contributed by atoms with Crippen molar-refractivity contribution in [2.24, 2.45) is 11.8 Å². The number of carbonyl (C=O) groups is 1. The van der Waals surface area contributed by atoms with Crippen LogP contribution in [-0.4, -0.2) is 26.4 Å². The normalized spacial score (nSPS) is 11.6. The Balaban J connectivity index is 2.32. The van der Waals surface area contributed by atoms with Crippen LogP contribution in [0.2, 0.25) is 0 Å². The van der Waals surface area contributed by atoms with E-state index in [4.69, 9.17) is 5.41 Å². The molecule has 7 nitrogen and oxygen atoms in total. The topological polar surface area (TPSA) is 92.2 Å². The molecule has 142 valence electrons. The molecule has 0 fully saturated rings. The molecule has 0 aromatic carbocycles. The Hall–Kier alpha value is -2.96. The van der Waals surface area contributed by atoms with Crippen molar-refractivity contribution >= 4 is 22.6 Å². The van der Waals surface area contributed by atoms with E-state index in [2.05, 4.69) is 10.3 Å². The number of carbonyl (C=O) groups excluding carboxylic acids is 1. The summed E-state index contributed by atoms with van der Waals surface area (Å²) in [7, 11) is 0. The van der Waals surface area contributed by atoms with Crippen LogP contribution in [-0.2, 0) is 6.54 Å². The van der Waals surface area contributed by atoms with Crippen molar-refractivity contribution in [2.75, 3.05) is 6.54 Å². The van der Waals surface area contributed by atoms with Gasteiger partial charge in [-0.1, -0.05) is 33.8 Å². The second-order valence-corrected chi connectivity index (χ2v) is 7.60. The number of hydrogen-bond acceptors (Lipinski definition) is 4. The van der Waals surface area contributed by atoms with E-state index in [1.807, 2.05) is 33.8 Å². The minimum Gasteiger partial charge on any atom is -0.352 e. The molecule has 3 heterocycles. The Labute approximate surface area is 157 Å². The van der Waals surface area contributed by atoms with Crippen LogP contribution in [0.4, 0.5) is 0 Å². The van der Waals surface area contributed by atoms with Crippen LogP contribution in [0.3, 0.4) is 0 Å². The molecule has 0 bridgehead atoms.